The molecule has 0 saturated carbocycles. The van der Waals surface area contributed by atoms with Crippen molar-refractivity contribution in [2.24, 2.45) is 0 Å². The van der Waals surface area contributed by atoms with Crippen LogP contribution in [0, 0.1) is 6.92 Å². The van der Waals surface area contributed by atoms with Crippen LogP contribution in [0.2, 0.25) is 0 Å². The Morgan fingerprint density at radius 3 is 2.84 bits per heavy atom. The topological polar surface area (TPSA) is 35.0 Å². The van der Waals surface area contributed by atoms with E-state index in [2.05, 4.69) is 25.9 Å². The number of hydrogen-bond acceptors (Lipinski definition) is 3. The molecule has 3 nitrogen and oxygen atoms in total. The average Bonchev–Trinajstić information content (AvgIpc) is 2.42. The number of fused-ring (bicyclic) bond motifs is 1. The van der Waals surface area contributed by atoms with Crippen molar-refractivity contribution in [3.8, 4) is 11.6 Å². The molecule has 3 aromatic rings. The molecule has 94 valence electrons. The molecule has 3 rings (SSSR count). The van der Waals surface area contributed by atoms with Gasteiger partial charge in [0.15, 0.2) is 0 Å². The highest BCUT2D eigenvalue weighted by molar-refractivity contribution is 9.10. The Hall–Kier alpha value is -1.94. The Labute approximate surface area is 119 Å². The second kappa shape index (κ2) is 4.97. The van der Waals surface area contributed by atoms with E-state index in [9.17, 15) is 0 Å². The van der Waals surface area contributed by atoms with Crippen LogP contribution in [-0.4, -0.2) is 9.97 Å². The summed E-state index contributed by atoms with van der Waals surface area (Å²) in [6.45, 7) is 1.99. The van der Waals surface area contributed by atoms with E-state index in [1.165, 1.54) is 0 Å². The van der Waals surface area contributed by atoms with Gasteiger partial charge in [-0.15, -0.1) is 0 Å². The van der Waals surface area contributed by atoms with Gasteiger partial charge in [0.05, 0.1) is 9.99 Å². The van der Waals surface area contributed by atoms with E-state index in [4.69, 9.17) is 4.74 Å². The molecule has 1 aromatic carbocycles. The van der Waals surface area contributed by atoms with Gasteiger partial charge >= 0.3 is 0 Å². The van der Waals surface area contributed by atoms with Gasteiger partial charge < -0.3 is 4.74 Å². The first-order valence-corrected chi connectivity index (χ1v) is 6.66. The Morgan fingerprint density at radius 1 is 1.11 bits per heavy atom. The molecule has 0 radical (unpaired) electrons. The van der Waals surface area contributed by atoms with E-state index < -0.39 is 0 Å². The van der Waals surface area contributed by atoms with Crippen LogP contribution in [0.15, 0.2) is 53.3 Å². The molecule has 0 aliphatic rings. The lowest BCUT2D eigenvalue weighted by Gasteiger charge is -2.07. The summed E-state index contributed by atoms with van der Waals surface area (Å²) in [4.78, 5) is 8.57. The highest BCUT2D eigenvalue weighted by Crippen LogP contribution is 2.29. The number of aryl methyl sites for hydroxylation is 1. The Kier molecular flexibility index (Phi) is 3.17. The van der Waals surface area contributed by atoms with E-state index >= 15 is 0 Å². The molecule has 0 saturated heterocycles. The first-order valence-electron chi connectivity index (χ1n) is 5.87. The van der Waals surface area contributed by atoms with Crippen molar-refractivity contribution in [2.45, 2.75) is 6.92 Å². The second-order valence-electron chi connectivity index (χ2n) is 4.26. The number of benzene rings is 1. The van der Waals surface area contributed by atoms with Crippen LogP contribution >= 0.6 is 15.9 Å². The van der Waals surface area contributed by atoms with Crippen molar-refractivity contribution in [1.82, 2.24) is 9.97 Å². The highest BCUT2D eigenvalue weighted by atomic mass is 79.9. The van der Waals surface area contributed by atoms with E-state index in [0.29, 0.717) is 5.88 Å². The molecule has 0 fully saturated rings. The minimum atomic E-state index is 0.556. The standard InChI is InChI=1S/C15H11BrN2O/c1-10-7-13(16)15(18-9-10)19-12-5-4-11-3-2-6-17-14(11)8-12/h2-9H,1H3. The van der Waals surface area contributed by atoms with Crippen molar-refractivity contribution in [3.05, 3.63) is 58.8 Å². The minimum absolute atomic E-state index is 0.556. The number of ether oxygens (including phenoxy) is 1. The second-order valence-corrected chi connectivity index (χ2v) is 5.11. The van der Waals surface area contributed by atoms with Crippen molar-refractivity contribution in [1.29, 1.82) is 0 Å². The maximum absolute atomic E-state index is 5.77. The van der Waals surface area contributed by atoms with E-state index in [0.717, 1.165) is 26.7 Å². The van der Waals surface area contributed by atoms with Crippen LogP contribution in [0.4, 0.5) is 0 Å². The van der Waals surface area contributed by atoms with E-state index in [1.54, 1.807) is 12.4 Å². The van der Waals surface area contributed by atoms with Gasteiger partial charge in [0, 0.05) is 23.8 Å². The Balaban J connectivity index is 1.96. The van der Waals surface area contributed by atoms with Gasteiger partial charge in [0.2, 0.25) is 5.88 Å². The number of pyridine rings is 2. The fraction of sp³-hybridized carbons (Fsp3) is 0.0667. The van der Waals surface area contributed by atoms with Crippen LogP contribution in [0.1, 0.15) is 5.56 Å². The number of aromatic nitrogens is 2. The normalized spacial score (nSPS) is 10.6. The van der Waals surface area contributed by atoms with Gasteiger partial charge in [-0.2, -0.15) is 0 Å². The fourth-order valence-corrected chi connectivity index (χ4v) is 2.36. The molecule has 0 bridgehead atoms. The van der Waals surface area contributed by atoms with Crippen LogP contribution in [0.25, 0.3) is 10.9 Å². The molecule has 0 spiro atoms. The van der Waals surface area contributed by atoms with Crippen LogP contribution in [-0.2, 0) is 0 Å². The van der Waals surface area contributed by atoms with Crippen LogP contribution in [0.5, 0.6) is 11.6 Å². The summed E-state index contributed by atoms with van der Waals surface area (Å²) in [5, 5.41) is 1.09. The zero-order valence-electron chi connectivity index (χ0n) is 10.3. The summed E-state index contributed by atoms with van der Waals surface area (Å²) in [5.41, 5.74) is 1.99. The number of nitrogens with zero attached hydrogens (tertiary/aromatic N) is 2. The quantitative estimate of drug-likeness (QED) is 0.699. The lowest BCUT2D eigenvalue weighted by Crippen LogP contribution is -1.90. The molecule has 19 heavy (non-hydrogen) atoms. The molecular weight excluding hydrogens is 304 g/mol. The first-order chi connectivity index (χ1) is 9.22. The molecule has 0 aliphatic carbocycles. The summed E-state index contributed by atoms with van der Waals surface area (Å²) in [6, 6.07) is 11.7. The van der Waals surface area contributed by atoms with Gasteiger partial charge in [0.25, 0.3) is 0 Å². The van der Waals surface area contributed by atoms with Crippen molar-refractivity contribution in [2.75, 3.05) is 0 Å². The molecule has 0 N–H and O–H groups in total. The number of hydrogen-bond donors (Lipinski definition) is 0. The highest BCUT2D eigenvalue weighted by Gasteiger charge is 2.05. The lowest BCUT2D eigenvalue weighted by molar-refractivity contribution is 0.460. The average molecular weight is 315 g/mol. The molecule has 0 unspecified atom stereocenters. The molecule has 0 atom stereocenters. The third-order valence-electron chi connectivity index (χ3n) is 2.74. The Morgan fingerprint density at radius 2 is 2.00 bits per heavy atom. The van der Waals surface area contributed by atoms with Gasteiger partial charge in [-0.05, 0) is 52.7 Å². The first kappa shape index (κ1) is 12.1. The van der Waals surface area contributed by atoms with Crippen molar-refractivity contribution < 1.29 is 4.74 Å². The Bertz CT molecular complexity index is 743. The zero-order chi connectivity index (χ0) is 13.2. The fourth-order valence-electron chi connectivity index (χ4n) is 1.82. The number of halogens is 1. The summed E-state index contributed by atoms with van der Waals surface area (Å²) in [6.07, 6.45) is 3.55. The molecule has 2 aromatic heterocycles. The van der Waals surface area contributed by atoms with Gasteiger partial charge in [-0.25, -0.2) is 4.98 Å². The van der Waals surface area contributed by atoms with Crippen molar-refractivity contribution in [3.63, 3.8) is 0 Å². The molecule has 0 amide bonds. The van der Waals surface area contributed by atoms with Gasteiger partial charge in [-0.1, -0.05) is 6.07 Å². The molecule has 4 heteroatoms. The summed E-state index contributed by atoms with van der Waals surface area (Å²) in [5.74, 6) is 1.28. The maximum Gasteiger partial charge on any atom is 0.233 e. The van der Waals surface area contributed by atoms with Crippen LogP contribution in [0.3, 0.4) is 0 Å². The third-order valence-corrected chi connectivity index (χ3v) is 3.30. The predicted octanol–water partition coefficient (Wildman–Crippen LogP) is 4.49. The van der Waals surface area contributed by atoms with Gasteiger partial charge in [-0.3, -0.25) is 4.98 Å². The largest absolute Gasteiger partial charge is 0.438 e. The van der Waals surface area contributed by atoms with Crippen molar-refractivity contribution >= 4 is 26.8 Å². The monoisotopic (exact) mass is 314 g/mol. The number of rotatable bonds is 2. The van der Waals surface area contributed by atoms with Gasteiger partial charge in [0.1, 0.15) is 5.75 Å². The maximum atomic E-state index is 5.77. The predicted molar refractivity (Wildman–Crippen MR) is 78.5 cm³/mol. The third kappa shape index (κ3) is 2.58. The molecule has 0 aliphatic heterocycles. The molecular formula is C15H11BrN2O. The van der Waals surface area contributed by atoms with Crippen LogP contribution < -0.4 is 4.74 Å². The molecule has 2 heterocycles. The lowest BCUT2D eigenvalue weighted by atomic mass is 10.2. The minimum Gasteiger partial charge on any atom is -0.438 e. The summed E-state index contributed by atoms with van der Waals surface area (Å²) < 4.78 is 6.62. The zero-order valence-corrected chi connectivity index (χ0v) is 11.9. The smallest absolute Gasteiger partial charge is 0.233 e. The van der Waals surface area contributed by atoms with E-state index in [-0.39, 0.29) is 0 Å². The SMILES string of the molecule is Cc1cnc(Oc2ccc3cccnc3c2)c(Br)c1. The van der Waals surface area contributed by atoms with E-state index in [1.807, 2.05) is 43.3 Å². The summed E-state index contributed by atoms with van der Waals surface area (Å²) >= 11 is 3.45. The summed E-state index contributed by atoms with van der Waals surface area (Å²) in [7, 11) is 0.